The first kappa shape index (κ1) is 8.83. The first-order valence-corrected chi connectivity index (χ1v) is 4.19. The molecule has 0 radical (unpaired) electrons. The predicted octanol–water partition coefficient (Wildman–Crippen LogP) is 1.91. The van der Waals surface area contributed by atoms with Crippen molar-refractivity contribution in [2.75, 3.05) is 5.32 Å². The van der Waals surface area contributed by atoms with Gasteiger partial charge in [0.25, 0.3) is 5.91 Å². The summed E-state index contributed by atoms with van der Waals surface area (Å²) >= 11 is 5.52. The second-order valence-electron chi connectivity index (χ2n) is 2.53. The molecular formula is C8H6ClN3O2. The molecule has 14 heavy (non-hydrogen) atoms. The smallest absolute Gasteiger partial charge is 0.292 e. The number of aromatic nitrogens is 2. The van der Waals surface area contributed by atoms with E-state index in [1.165, 1.54) is 18.3 Å². The molecule has 2 rings (SSSR count). The van der Waals surface area contributed by atoms with Gasteiger partial charge < -0.3 is 9.73 Å². The Labute approximate surface area is 84.1 Å². The van der Waals surface area contributed by atoms with Crippen LogP contribution in [-0.4, -0.2) is 16.1 Å². The number of hydrogen-bond acceptors (Lipinski definition) is 3. The van der Waals surface area contributed by atoms with Crippen molar-refractivity contribution >= 4 is 23.3 Å². The molecule has 0 aliphatic rings. The van der Waals surface area contributed by atoms with E-state index in [2.05, 4.69) is 15.5 Å². The minimum absolute atomic E-state index is 0.157. The molecule has 0 bridgehead atoms. The second-order valence-corrected chi connectivity index (χ2v) is 2.90. The molecule has 72 valence electrons. The number of halogens is 1. The topological polar surface area (TPSA) is 70.9 Å². The Morgan fingerprint density at radius 3 is 2.93 bits per heavy atom. The zero-order valence-electron chi connectivity index (χ0n) is 6.95. The molecule has 0 spiro atoms. The molecule has 2 heterocycles. The molecule has 0 unspecified atom stereocenters. The molecule has 0 aromatic carbocycles. The Balaban J connectivity index is 2.10. The van der Waals surface area contributed by atoms with Crippen molar-refractivity contribution in [2.45, 2.75) is 0 Å². The molecule has 6 heteroatoms. The first-order chi connectivity index (χ1) is 6.75. The van der Waals surface area contributed by atoms with Crippen LogP contribution in [0, 0.1) is 0 Å². The summed E-state index contributed by atoms with van der Waals surface area (Å²) in [6.45, 7) is 0. The number of nitrogens with zero attached hydrogens (tertiary/aromatic N) is 1. The van der Waals surface area contributed by atoms with Crippen LogP contribution in [0.4, 0.5) is 5.82 Å². The molecule has 2 aromatic heterocycles. The number of nitrogens with one attached hydrogen (secondary N) is 2. The maximum absolute atomic E-state index is 11.4. The summed E-state index contributed by atoms with van der Waals surface area (Å²) in [5.41, 5.74) is 0. The summed E-state index contributed by atoms with van der Waals surface area (Å²) in [6.07, 6.45) is 1.53. The molecule has 0 atom stereocenters. The largest absolute Gasteiger partial charge is 0.440 e. The van der Waals surface area contributed by atoms with Gasteiger partial charge >= 0.3 is 0 Å². The Kier molecular flexibility index (Phi) is 2.24. The highest BCUT2D eigenvalue weighted by Crippen LogP contribution is 2.14. The SMILES string of the molecule is O=C(Nc1ccn[nH]1)c1ccc(Cl)o1. The summed E-state index contributed by atoms with van der Waals surface area (Å²) in [7, 11) is 0. The van der Waals surface area contributed by atoms with E-state index < -0.39 is 0 Å². The number of carbonyl (C=O) groups excluding carboxylic acids is 1. The van der Waals surface area contributed by atoms with Crippen molar-refractivity contribution < 1.29 is 9.21 Å². The van der Waals surface area contributed by atoms with Gasteiger partial charge in [0.1, 0.15) is 5.82 Å². The quantitative estimate of drug-likeness (QED) is 0.797. The Morgan fingerprint density at radius 2 is 2.36 bits per heavy atom. The fourth-order valence-electron chi connectivity index (χ4n) is 0.946. The van der Waals surface area contributed by atoms with Crippen molar-refractivity contribution in [2.24, 2.45) is 0 Å². The van der Waals surface area contributed by atoms with Gasteiger partial charge in [-0.15, -0.1) is 0 Å². The van der Waals surface area contributed by atoms with Gasteiger partial charge in [-0.3, -0.25) is 9.89 Å². The highest BCUT2D eigenvalue weighted by molar-refractivity contribution is 6.29. The summed E-state index contributed by atoms with van der Waals surface area (Å²) in [5.74, 6) is 0.285. The minimum atomic E-state index is -0.374. The lowest BCUT2D eigenvalue weighted by Gasteiger charge is -1.97. The van der Waals surface area contributed by atoms with Gasteiger partial charge in [-0.25, -0.2) is 0 Å². The average Bonchev–Trinajstić information content (AvgIpc) is 2.75. The fraction of sp³-hybridized carbons (Fsp3) is 0. The Morgan fingerprint density at radius 1 is 1.50 bits per heavy atom. The van der Waals surface area contributed by atoms with Crippen LogP contribution in [0.25, 0.3) is 0 Å². The lowest BCUT2D eigenvalue weighted by molar-refractivity contribution is 0.0996. The highest BCUT2D eigenvalue weighted by Gasteiger charge is 2.10. The van der Waals surface area contributed by atoms with Gasteiger partial charge in [-0.1, -0.05) is 0 Å². The third-order valence-corrected chi connectivity index (χ3v) is 1.75. The second kappa shape index (κ2) is 3.55. The van der Waals surface area contributed by atoms with Gasteiger partial charge in [0.2, 0.25) is 0 Å². The number of aromatic amines is 1. The zero-order chi connectivity index (χ0) is 9.97. The molecule has 2 aromatic rings. The summed E-state index contributed by atoms with van der Waals surface area (Å²) in [5, 5.41) is 8.99. The maximum atomic E-state index is 11.4. The minimum Gasteiger partial charge on any atom is -0.440 e. The summed E-state index contributed by atoms with van der Waals surface area (Å²) in [4.78, 5) is 11.4. The number of rotatable bonds is 2. The van der Waals surface area contributed by atoms with Crippen LogP contribution in [0.15, 0.2) is 28.8 Å². The molecule has 2 N–H and O–H groups in total. The number of hydrogen-bond donors (Lipinski definition) is 2. The third-order valence-electron chi connectivity index (χ3n) is 1.55. The van der Waals surface area contributed by atoms with E-state index in [1.54, 1.807) is 6.07 Å². The van der Waals surface area contributed by atoms with Crippen LogP contribution < -0.4 is 5.32 Å². The number of anilines is 1. The first-order valence-electron chi connectivity index (χ1n) is 3.82. The molecule has 0 saturated heterocycles. The average molecular weight is 212 g/mol. The van der Waals surface area contributed by atoms with E-state index >= 15 is 0 Å². The third kappa shape index (κ3) is 1.77. The molecule has 1 amide bonds. The van der Waals surface area contributed by atoms with E-state index in [4.69, 9.17) is 16.0 Å². The van der Waals surface area contributed by atoms with Gasteiger partial charge in [0.15, 0.2) is 11.0 Å². The van der Waals surface area contributed by atoms with Crippen LogP contribution in [0.3, 0.4) is 0 Å². The Hall–Kier alpha value is -1.75. The summed E-state index contributed by atoms with van der Waals surface area (Å²) in [6, 6.07) is 4.62. The molecule has 5 nitrogen and oxygen atoms in total. The van der Waals surface area contributed by atoms with Crippen molar-refractivity contribution in [3.05, 3.63) is 35.4 Å². The van der Waals surface area contributed by atoms with E-state index in [9.17, 15) is 4.79 Å². The normalized spacial score (nSPS) is 10.1. The molecule has 0 aliphatic heterocycles. The van der Waals surface area contributed by atoms with E-state index in [0.717, 1.165) is 0 Å². The number of amides is 1. The van der Waals surface area contributed by atoms with Crippen LogP contribution in [0.2, 0.25) is 5.22 Å². The lowest BCUT2D eigenvalue weighted by atomic mass is 10.4. The van der Waals surface area contributed by atoms with Crippen molar-refractivity contribution in [3.63, 3.8) is 0 Å². The summed E-state index contributed by atoms with van der Waals surface area (Å²) < 4.78 is 4.91. The van der Waals surface area contributed by atoms with Crippen LogP contribution >= 0.6 is 11.6 Å². The van der Waals surface area contributed by atoms with Crippen molar-refractivity contribution in [1.82, 2.24) is 10.2 Å². The number of carbonyl (C=O) groups is 1. The number of H-pyrrole nitrogens is 1. The predicted molar refractivity (Wildman–Crippen MR) is 50.3 cm³/mol. The zero-order valence-corrected chi connectivity index (χ0v) is 7.71. The molecular weight excluding hydrogens is 206 g/mol. The van der Waals surface area contributed by atoms with Gasteiger partial charge in [-0.05, 0) is 23.7 Å². The van der Waals surface area contributed by atoms with Gasteiger partial charge in [0, 0.05) is 6.07 Å². The lowest BCUT2D eigenvalue weighted by Crippen LogP contribution is -2.10. The monoisotopic (exact) mass is 211 g/mol. The molecule has 0 saturated carbocycles. The van der Waals surface area contributed by atoms with E-state index in [1.807, 2.05) is 0 Å². The highest BCUT2D eigenvalue weighted by atomic mass is 35.5. The number of furan rings is 1. The van der Waals surface area contributed by atoms with E-state index in [0.29, 0.717) is 5.82 Å². The fourth-order valence-corrected chi connectivity index (χ4v) is 1.09. The van der Waals surface area contributed by atoms with Crippen LogP contribution in [0.5, 0.6) is 0 Å². The van der Waals surface area contributed by atoms with Gasteiger partial charge in [-0.2, -0.15) is 5.10 Å². The molecule has 0 aliphatic carbocycles. The maximum Gasteiger partial charge on any atom is 0.292 e. The van der Waals surface area contributed by atoms with E-state index in [-0.39, 0.29) is 16.9 Å². The van der Waals surface area contributed by atoms with Crippen LogP contribution in [0.1, 0.15) is 10.6 Å². The molecule has 0 fully saturated rings. The Bertz CT molecular complexity index is 435. The van der Waals surface area contributed by atoms with Crippen molar-refractivity contribution in [1.29, 1.82) is 0 Å². The van der Waals surface area contributed by atoms with Crippen molar-refractivity contribution in [3.8, 4) is 0 Å². The standard InChI is InChI=1S/C8H6ClN3O2/c9-6-2-1-5(14-6)8(13)11-7-3-4-10-12-7/h1-4H,(H2,10,11,12,13). The van der Waals surface area contributed by atoms with Crippen LogP contribution in [-0.2, 0) is 0 Å². The van der Waals surface area contributed by atoms with Gasteiger partial charge in [0.05, 0.1) is 6.20 Å².